The number of hydrogen-bond acceptors (Lipinski definition) is 2. The van der Waals surface area contributed by atoms with E-state index >= 15 is 0 Å². The Bertz CT molecular complexity index is 374. The molecule has 1 saturated heterocycles. The van der Waals surface area contributed by atoms with E-state index in [0.717, 1.165) is 31.6 Å². The first kappa shape index (κ1) is 12.5. The molecule has 2 rings (SSSR count). The van der Waals surface area contributed by atoms with E-state index in [-0.39, 0.29) is 11.9 Å². The quantitative estimate of drug-likeness (QED) is 0.869. The Morgan fingerprint density at radius 2 is 2.35 bits per heavy atom. The predicted octanol–water partition coefficient (Wildman–Crippen LogP) is 2.82. The standard InChI is InChI=1S/C14H20FNO/c1-10-3-4-12(8-13(10)15)14(16-2)7-11-5-6-17-9-11/h3-4,8,11,14,16H,5-7,9H2,1-2H3. The maximum absolute atomic E-state index is 13.5. The van der Waals surface area contributed by atoms with E-state index in [4.69, 9.17) is 4.74 Å². The van der Waals surface area contributed by atoms with E-state index in [1.54, 1.807) is 13.0 Å². The predicted molar refractivity (Wildman–Crippen MR) is 66.5 cm³/mol. The van der Waals surface area contributed by atoms with Gasteiger partial charge in [0.15, 0.2) is 0 Å². The van der Waals surface area contributed by atoms with Crippen molar-refractivity contribution in [1.29, 1.82) is 0 Å². The summed E-state index contributed by atoms with van der Waals surface area (Å²) in [7, 11) is 1.93. The zero-order valence-corrected chi connectivity index (χ0v) is 10.5. The fraction of sp³-hybridized carbons (Fsp3) is 0.571. The number of hydrogen-bond donors (Lipinski definition) is 1. The Morgan fingerprint density at radius 1 is 1.53 bits per heavy atom. The van der Waals surface area contributed by atoms with Crippen LogP contribution in [0.5, 0.6) is 0 Å². The van der Waals surface area contributed by atoms with E-state index in [0.29, 0.717) is 11.5 Å². The summed E-state index contributed by atoms with van der Waals surface area (Å²) in [6.45, 7) is 3.49. The summed E-state index contributed by atoms with van der Waals surface area (Å²) in [5, 5.41) is 3.27. The molecule has 2 unspecified atom stereocenters. The third kappa shape index (κ3) is 3.05. The molecule has 1 aliphatic heterocycles. The van der Waals surface area contributed by atoms with Crippen LogP contribution >= 0.6 is 0 Å². The number of benzene rings is 1. The number of ether oxygens (including phenoxy) is 1. The van der Waals surface area contributed by atoms with Crippen molar-refractivity contribution in [2.75, 3.05) is 20.3 Å². The van der Waals surface area contributed by atoms with Gasteiger partial charge in [-0.05, 0) is 49.9 Å². The van der Waals surface area contributed by atoms with E-state index in [9.17, 15) is 4.39 Å². The van der Waals surface area contributed by atoms with Crippen LogP contribution in [-0.2, 0) is 4.74 Å². The van der Waals surface area contributed by atoms with Gasteiger partial charge in [0.1, 0.15) is 5.82 Å². The van der Waals surface area contributed by atoms with Crippen LogP contribution < -0.4 is 5.32 Å². The molecule has 0 spiro atoms. The van der Waals surface area contributed by atoms with Gasteiger partial charge in [0.25, 0.3) is 0 Å². The highest BCUT2D eigenvalue weighted by Crippen LogP contribution is 2.27. The summed E-state index contributed by atoms with van der Waals surface area (Å²) in [5.41, 5.74) is 1.73. The van der Waals surface area contributed by atoms with Gasteiger partial charge in [0, 0.05) is 19.3 Å². The molecule has 3 heteroatoms. The van der Waals surface area contributed by atoms with E-state index in [1.165, 1.54) is 0 Å². The first-order valence-electron chi connectivity index (χ1n) is 6.21. The molecule has 0 amide bonds. The van der Waals surface area contributed by atoms with Crippen LogP contribution in [0.25, 0.3) is 0 Å². The molecule has 1 aromatic carbocycles. The largest absolute Gasteiger partial charge is 0.381 e. The Morgan fingerprint density at radius 3 is 2.94 bits per heavy atom. The lowest BCUT2D eigenvalue weighted by Gasteiger charge is -2.20. The van der Waals surface area contributed by atoms with Crippen LogP contribution in [0.4, 0.5) is 4.39 Å². The van der Waals surface area contributed by atoms with Crippen LogP contribution in [-0.4, -0.2) is 20.3 Å². The molecule has 1 heterocycles. The van der Waals surface area contributed by atoms with Crippen molar-refractivity contribution in [3.8, 4) is 0 Å². The molecular formula is C14H20FNO. The Kier molecular flexibility index (Phi) is 4.13. The first-order chi connectivity index (χ1) is 8.20. The molecule has 17 heavy (non-hydrogen) atoms. The van der Waals surface area contributed by atoms with Crippen LogP contribution in [0.2, 0.25) is 0 Å². The normalized spacial score (nSPS) is 21.7. The second kappa shape index (κ2) is 5.61. The van der Waals surface area contributed by atoms with Gasteiger partial charge in [0.05, 0.1) is 0 Å². The van der Waals surface area contributed by atoms with E-state index in [2.05, 4.69) is 5.32 Å². The molecular weight excluding hydrogens is 217 g/mol. The molecule has 94 valence electrons. The number of rotatable bonds is 4. The van der Waals surface area contributed by atoms with Crippen LogP contribution in [0.3, 0.4) is 0 Å². The Labute approximate surface area is 102 Å². The van der Waals surface area contributed by atoms with Crippen molar-refractivity contribution in [3.05, 3.63) is 35.1 Å². The summed E-state index contributed by atoms with van der Waals surface area (Å²) in [6, 6.07) is 5.72. The molecule has 0 radical (unpaired) electrons. The first-order valence-corrected chi connectivity index (χ1v) is 6.21. The monoisotopic (exact) mass is 237 g/mol. The third-order valence-corrected chi connectivity index (χ3v) is 3.54. The SMILES string of the molecule is CNC(CC1CCOC1)c1ccc(C)c(F)c1. The lowest BCUT2D eigenvalue weighted by Crippen LogP contribution is -2.20. The van der Waals surface area contributed by atoms with Crippen molar-refractivity contribution in [3.63, 3.8) is 0 Å². The highest BCUT2D eigenvalue weighted by molar-refractivity contribution is 5.25. The molecule has 0 bridgehead atoms. The molecule has 1 fully saturated rings. The highest BCUT2D eigenvalue weighted by atomic mass is 19.1. The van der Waals surface area contributed by atoms with Gasteiger partial charge in [-0.1, -0.05) is 12.1 Å². The molecule has 0 aliphatic carbocycles. The molecule has 0 saturated carbocycles. The minimum atomic E-state index is -0.120. The Balaban J connectivity index is 2.08. The van der Waals surface area contributed by atoms with E-state index in [1.807, 2.05) is 19.2 Å². The second-order valence-corrected chi connectivity index (χ2v) is 4.82. The van der Waals surface area contributed by atoms with E-state index < -0.39 is 0 Å². The lowest BCUT2D eigenvalue weighted by atomic mass is 9.94. The lowest BCUT2D eigenvalue weighted by molar-refractivity contribution is 0.181. The minimum absolute atomic E-state index is 0.120. The summed E-state index contributed by atoms with van der Waals surface area (Å²) in [4.78, 5) is 0. The molecule has 2 atom stereocenters. The van der Waals surface area contributed by atoms with Gasteiger partial charge in [-0.25, -0.2) is 4.39 Å². The number of aryl methyl sites for hydroxylation is 1. The molecule has 1 aromatic rings. The van der Waals surface area contributed by atoms with Gasteiger partial charge in [-0.3, -0.25) is 0 Å². The van der Waals surface area contributed by atoms with Crippen molar-refractivity contribution in [1.82, 2.24) is 5.32 Å². The van der Waals surface area contributed by atoms with Crippen LogP contribution in [0.1, 0.15) is 30.0 Å². The summed E-state index contributed by atoms with van der Waals surface area (Å²) < 4.78 is 18.9. The smallest absolute Gasteiger partial charge is 0.126 e. The Hall–Kier alpha value is -0.930. The fourth-order valence-electron chi connectivity index (χ4n) is 2.35. The maximum atomic E-state index is 13.5. The zero-order valence-electron chi connectivity index (χ0n) is 10.5. The zero-order chi connectivity index (χ0) is 12.3. The average molecular weight is 237 g/mol. The van der Waals surface area contributed by atoms with Gasteiger partial charge in [-0.15, -0.1) is 0 Å². The van der Waals surface area contributed by atoms with Gasteiger partial charge < -0.3 is 10.1 Å². The van der Waals surface area contributed by atoms with Crippen molar-refractivity contribution >= 4 is 0 Å². The van der Waals surface area contributed by atoms with Crippen LogP contribution in [0, 0.1) is 18.7 Å². The third-order valence-electron chi connectivity index (χ3n) is 3.54. The molecule has 2 nitrogen and oxygen atoms in total. The summed E-state index contributed by atoms with van der Waals surface area (Å²) >= 11 is 0. The second-order valence-electron chi connectivity index (χ2n) is 4.82. The topological polar surface area (TPSA) is 21.3 Å². The average Bonchev–Trinajstić information content (AvgIpc) is 2.82. The number of halogens is 1. The van der Waals surface area contributed by atoms with Crippen molar-refractivity contribution in [2.45, 2.75) is 25.8 Å². The summed E-state index contributed by atoms with van der Waals surface area (Å²) in [5.74, 6) is 0.474. The molecule has 1 N–H and O–H groups in total. The van der Waals surface area contributed by atoms with Crippen molar-refractivity contribution < 1.29 is 9.13 Å². The van der Waals surface area contributed by atoms with Gasteiger partial charge in [-0.2, -0.15) is 0 Å². The fourth-order valence-corrected chi connectivity index (χ4v) is 2.35. The minimum Gasteiger partial charge on any atom is -0.381 e. The van der Waals surface area contributed by atoms with Gasteiger partial charge in [0.2, 0.25) is 0 Å². The van der Waals surface area contributed by atoms with Gasteiger partial charge >= 0.3 is 0 Å². The summed E-state index contributed by atoms with van der Waals surface area (Å²) in [6.07, 6.45) is 2.13. The van der Waals surface area contributed by atoms with Crippen LogP contribution in [0.15, 0.2) is 18.2 Å². The number of nitrogens with one attached hydrogen (secondary N) is 1. The molecule has 1 aliphatic rings. The molecule has 0 aromatic heterocycles. The maximum Gasteiger partial charge on any atom is 0.126 e. The highest BCUT2D eigenvalue weighted by Gasteiger charge is 2.21. The van der Waals surface area contributed by atoms with Crippen molar-refractivity contribution in [2.24, 2.45) is 5.92 Å².